The third-order valence-electron chi connectivity index (χ3n) is 8.26. The zero-order valence-electron chi connectivity index (χ0n) is 22.4. The molecule has 1 aliphatic heterocycles. The lowest BCUT2D eigenvalue weighted by Gasteiger charge is -2.34. The van der Waals surface area contributed by atoms with Crippen LogP contribution >= 0.6 is 0 Å². The molecule has 0 amide bonds. The van der Waals surface area contributed by atoms with Crippen molar-refractivity contribution in [2.45, 2.75) is 45.4 Å². The summed E-state index contributed by atoms with van der Waals surface area (Å²) in [6.07, 6.45) is 5.16. The van der Waals surface area contributed by atoms with Crippen LogP contribution in [0.25, 0.3) is 5.65 Å². The lowest BCUT2D eigenvalue weighted by atomic mass is 9.91. The molecule has 1 saturated heterocycles. The van der Waals surface area contributed by atoms with E-state index in [4.69, 9.17) is 9.97 Å². The summed E-state index contributed by atoms with van der Waals surface area (Å²) < 4.78 is 4.64. The van der Waals surface area contributed by atoms with Crippen molar-refractivity contribution < 1.29 is 9.68 Å². The summed E-state index contributed by atoms with van der Waals surface area (Å²) in [6, 6.07) is 21.3. The van der Waals surface area contributed by atoms with E-state index in [1.165, 1.54) is 22.5 Å². The number of aryl methyl sites for hydroxylation is 1. The predicted molar refractivity (Wildman–Crippen MR) is 151 cm³/mol. The first-order valence-corrected chi connectivity index (χ1v) is 13.8. The molecule has 0 saturated carbocycles. The largest absolute Gasteiger partial charge is 0.390 e. The standard InChI is InChI=1S/C31H37N6O/c1-23(24-9-4-3-5-10-24)36(27-13-6-11-25-12-8-16-32-31(25)27)21-26-28(22-38)37-29(33-26)14-7-15-30(37)35-19-17-34(2)18-20-35/h3-5,7-10,12,14-16,27,38H,6,11,13,17-22H2,1-2H3/q+1. The minimum Gasteiger partial charge on any atom is -0.390 e. The van der Waals surface area contributed by atoms with E-state index >= 15 is 0 Å². The zero-order chi connectivity index (χ0) is 26.1. The molecule has 2 aliphatic rings. The summed E-state index contributed by atoms with van der Waals surface area (Å²) in [5.74, 6) is 1.11. The molecule has 7 nitrogen and oxygen atoms in total. The molecule has 7 heteroatoms. The van der Waals surface area contributed by atoms with Crippen molar-refractivity contribution in [3.8, 4) is 0 Å². The van der Waals surface area contributed by atoms with Gasteiger partial charge in [-0.3, -0.25) is 9.38 Å². The normalized spacial score (nSPS) is 18.9. The van der Waals surface area contributed by atoms with Gasteiger partial charge in [-0.2, -0.15) is 0 Å². The van der Waals surface area contributed by atoms with Crippen LogP contribution in [0.5, 0.6) is 0 Å². The van der Waals surface area contributed by atoms with Crippen molar-refractivity contribution in [1.82, 2.24) is 19.3 Å². The summed E-state index contributed by atoms with van der Waals surface area (Å²) in [7, 11) is 2.17. The first-order valence-electron chi connectivity index (χ1n) is 13.8. The molecule has 1 aliphatic carbocycles. The molecule has 1 aromatic carbocycles. The van der Waals surface area contributed by atoms with Crippen LogP contribution in [0.4, 0.5) is 5.82 Å². The molecule has 0 radical (unpaired) electrons. The number of pyridine rings is 2. The zero-order valence-corrected chi connectivity index (χ0v) is 22.4. The molecule has 1 atom stereocenters. The number of likely N-dealkylation sites (N-methyl/N-ethyl adjacent to an activating group) is 1. The fraction of sp³-hybridized carbons (Fsp3) is 0.387. The van der Waals surface area contributed by atoms with Crippen LogP contribution in [-0.4, -0.2) is 67.9 Å². The molecule has 1 N–H and O–H groups in total. The fourth-order valence-electron chi connectivity index (χ4n) is 6.11. The van der Waals surface area contributed by atoms with E-state index in [0.29, 0.717) is 6.54 Å². The summed E-state index contributed by atoms with van der Waals surface area (Å²) in [4.78, 5) is 14.8. The highest BCUT2D eigenvalue weighted by molar-refractivity contribution is 5.94. The molecular weight excluding hydrogens is 472 g/mol. The smallest absolute Gasteiger partial charge is 0.195 e. The number of aliphatic hydroxyl groups is 1. The van der Waals surface area contributed by atoms with E-state index in [0.717, 1.165) is 68.3 Å². The van der Waals surface area contributed by atoms with Gasteiger partial charge in [-0.05, 0) is 55.8 Å². The van der Waals surface area contributed by atoms with Crippen LogP contribution in [-0.2, 0) is 19.6 Å². The van der Waals surface area contributed by atoms with Gasteiger partial charge in [0.15, 0.2) is 18.3 Å². The van der Waals surface area contributed by atoms with Crippen LogP contribution in [0, 0.1) is 0 Å². The predicted octanol–water partition coefficient (Wildman–Crippen LogP) is 4.07. The Kier molecular flexibility index (Phi) is 6.96. The molecule has 4 heterocycles. The van der Waals surface area contributed by atoms with Gasteiger partial charge < -0.3 is 14.9 Å². The van der Waals surface area contributed by atoms with Crippen LogP contribution in [0.15, 0.2) is 66.9 Å². The van der Waals surface area contributed by atoms with Crippen molar-refractivity contribution in [1.29, 1.82) is 0 Å². The van der Waals surface area contributed by atoms with E-state index in [1.54, 1.807) is 0 Å². The maximum absolute atomic E-state index is 10.7. The third kappa shape index (κ3) is 4.61. The number of nitrogens with zero attached hydrogens (tertiary/aromatic N) is 6. The minimum atomic E-state index is -0.0566. The summed E-state index contributed by atoms with van der Waals surface area (Å²) in [5, 5.41) is 10.7. The Balaban J connectivity index is 1.47. The van der Waals surface area contributed by atoms with E-state index in [9.17, 15) is 5.11 Å². The third-order valence-corrected chi connectivity index (χ3v) is 8.26. The van der Waals surface area contributed by atoms with Crippen LogP contribution in [0.2, 0.25) is 0 Å². The topological polar surface area (TPSA) is 59.9 Å². The van der Waals surface area contributed by atoms with E-state index in [-0.39, 0.29) is 12.6 Å². The quantitative estimate of drug-likeness (QED) is 0.314. The van der Waals surface area contributed by atoms with Crippen molar-refractivity contribution in [2.75, 3.05) is 38.1 Å². The molecule has 1 fully saturated rings. The summed E-state index contributed by atoms with van der Waals surface area (Å²) in [5.41, 5.74) is 7.59. The fourth-order valence-corrected chi connectivity index (χ4v) is 6.11. The Hall–Kier alpha value is -3.55. The Morgan fingerprint density at radius 1 is 1.00 bits per heavy atom. The molecule has 1 unspecified atom stereocenters. The lowest BCUT2D eigenvalue weighted by Crippen LogP contribution is -2.45. The first kappa shape index (κ1) is 24.8. The van der Waals surface area contributed by atoms with Gasteiger partial charge in [0.1, 0.15) is 22.9 Å². The van der Waals surface area contributed by atoms with Gasteiger partial charge in [-0.15, -0.1) is 0 Å². The second-order valence-corrected chi connectivity index (χ2v) is 10.6. The number of aliphatic hydroxyl groups excluding tert-OH is 1. The van der Waals surface area contributed by atoms with E-state index < -0.39 is 0 Å². The van der Waals surface area contributed by atoms with Crippen LogP contribution in [0.1, 0.15) is 54.0 Å². The van der Waals surface area contributed by atoms with Gasteiger partial charge >= 0.3 is 0 Å². The first-order chi connectivity index (χ1) is 18.6. The molecule has 0 bridgehead atoms. The Morgan fingerprint density at radius 3 is 2.61 bits per heavy atom. The van der Waals surface area contributed by atoms with E-state index in [2.05, 4.69) is 87.3 Å². The molecule has 3 aromatic heterocycles. The minimum absolute atomic E-state index is 0.0566. The second kappa shape index (κ2) is 10.7. The average Bonchev–Trinajstić information content (AvgIpc) is 3.33. The second-order valence-electron chi connectivity index (χ2n) is 10.6. The number of anilines is 1. The number of fused-ring (bicyclic) bond motifs is 2. The molecule has 38 heavy (non-hydrogen) atoms. The number of rotatable bonds is 6. The van der Waals surface area contributed by atoms with Crippen molar-refractivity contribution >= 4 is 17.2 Å². The number of hydrogen-bond donors (Lipinski definition) is 1. The highest BCUT2D eigenvalue weighted by Crippen LogP contribution is 2.33. The molecular formula is C31H37N6O+. The maximum atomic E-state index is 10.7. The lowest BCUT2D eigenvalue weighted by molar-refractivity contribution is -0.591. The Morgan fingerprint density at radius 2 is 1.82 bits per heavy atom. The SMILES string of the molecule is CC(c1ccccc1)=[N+](Cc1nc2cccc(N3CCN(C)CC3)n2c1CO)C1CCCc2cccnc21. The average molecular weight is 510 g/mol. The van der Waals surface area contributed by atoms with Gasteiger partial charge in [0.25, 0.3) is 0 Å². The van der Waals surface area contributed by atoms with Crippen LogP contribution in [0.3, 0.4) is 0 Å². The molecule has 0 spiro atoms. The monoisotopic (exact) mass is 509 g/mol. The summed E-state index contributed by atoms with van der Waals surface area (Å²) >= 11 is 0. The van der Waals surface area contributed by atoms with Gasteiger partial charge in [0.05, 0.1) is 12.3 Å². The molecule has 6 rings (SSSR count). The van der Waals surface area contributed by atoms with Gasteiger partial charge in [-0.25, -0.2) is 9.56 Å². The number of benzene rings is 1. The van der Waals surface area contributed by atoms with Crippen molar-refractivity contribution in [2.24, 2.45) is 0 Å². The molecule has 196 valence electrons. The van der Waals surface area contributed by atoms with Gasteiger partial charge in [0, 0.05) is 51.3 Å². The number of hydrogen-bond acceptors (Lipinski definition) is 5. The Labute approximate surface area is 224 Å². The Bertz CT molecular complexity index is 1450. The molecule has 4 aromatic rings. The number of aromatic nitrogens is 3. The highest BCUT2D eigenvalue weighted by atomic mass is 16.3. The van der Waals surface area contributed by atoms with Crippen molar-refractivity contribution in [3.63, 3.8) is 0 Å². The van der Waals surface area contributed by atoms with Crippen LogP contribution < -0.4 is 4.90 Å². The van der Waals surface area contributed by atoms with Gasteiger partial charge in [-0.1, -0.05) is 30.3 Å². The number of imidazole rings is 1. The number of piperazine rings is 1. The maximum Gasteiger partial charge on any atom is 0.195 e. The van der Waals surface area contributed by atoms with E-state index in [1.807, 2.05) is 12.3 Å². The highest BCUT2D eigenvalue weighted by Gasteiger charge is 2.34. The van der Waals surface area contributed by atoms with Crippen molar-refractivity contribution in [3.05, 3.63) is 95.1 Å². The van der Waals surface area contributed by atoms with Gasteiger partial charge in [0.2, 0.25) is 0 Å². The summed E-state index contributed by atoms with van der Waals surface area (Å²) in [6.45, 7) is 6.74.